The smallest absolute Gasteiger partial charge is 0.341 e. The highest BCUT2D eigenvalue weighted by Gasteiger charge is 2.22. The standard InChI is InChI=1S/C15H10ClN3O5/c1-24-15(23)10-6-19(5-9-12(10)17-18-13(9)20)7-2-3-11(16)8(4-7)14(21)22/h2-6H,1H3,(H,18,20)(H,21,22). The van der Waals surface area contributed by atoms with Gasteiger partial charge in [0, 0.05) is 18.1 Å². The van der Waals surface area contributed by atoms with Crippen LogP contribution in [0.2, 0.25) is 5.02 Å². The zero-order chi connectivity index (χ0) is 17.4. The predicted octanol–water partition coefficient (Wildman–Crippen LogP) is 1.80. The summed E-state index contributed by atoms with van der Waals surface area (Å²) in [6, 6.07) is 4.32. The summed E-state index contributed by atoms with van der Waals surface area (Å²) >= 11 is 5.86. The van der Waals surface area contributed by atoms with Crippen LogP contribution in [0.4, 0.5) is 0 Å². The third kappa shape index (κ3) is 2.52. The lowest BCUT2D eigenvalue weighted by Crippen LogP contribution is -2.11. The van der Waals surface area contributed by atoms with E-state index in [1.54, 1.807) is 6.07 Å². The molecule has 0 fully saturated rings. The molecular formula is C15H10ClN3O5. The lowest BCUT2D eigenvalue weighted by atomic mass is 10.1. The number of hydrogen-bond acceptors (Lipinski definition) is 5. The van der Waals surface area contributed by atoms with Crippen LogP contribution < -0.4 is 5.56 Å². The maximum Gasteiger partial charge on any atom is 0.341 e. The number of nitrogens with zero attached hydrogens (tertiary/aromatic N) is 2. The molecule has 122 valence electrons. The van der Waals surface area contributed by atoms with E-state index in [0.29, 0.717) is 5.69 Å². The van der Waals surface area contributed by atoms with E-state index < -0.39 is 17.5 Å². The van der Waals surface area contributed by atoms with Crippen LogP contribution in [0, 0.1) is 0 Å². The van der Waals surface area contributed by atoms with E-state index in [9.17, 15) is 14.4 Å². The lowest BCUT2D eigenvalue weighted by Gasteiger charge is -2.12. The summed E-state index contributed by atoms with van der Waals surface area (Å²) in [6.45, 7) is 0. The Morgan fingerprint density at radius 1 is 1.29 bits per heavy atom. The van der Waals surface area contributed by atoms with Crippen LogP contribution in [-0.4, -0.2) is 38.9 Å². The Morgan fingerprint density at radius 3 is 2.71 bits per heavy atom. The normalized spacial score (nSPS) is 10.8. The first kappa shape index (κ1) is 15.8. The lowest BCUT2D eigenvalue weighted by molar-refractivity contribution is 0.0599. The van der Waals surface area contributed by atoms with Crippen molar-refractivity contribution in [1.29, 1.82) is 0 Å². The van der Waals surface area contributed by atoms with Crippen LogP contribution in [0.5, 0.6) is 0 Å². The fraction of sp³-hybridized carbons (Fsp3) is 0.0667. The highest BCUT2D eigenvalue weighted by Crippen LogP contribution is 2.25. The molecule has 2 heterocycles. The Morgan fingerprint density at radius 2 is 2.04 bits per heavy atom. The minimum Gasteiger partial charge on any atom is -0.478 e. The maximum atomic E-state index is 11.9. The molecule has 0 aliphatic carbocycles. The Bertz CT molecular complexity index is 991. The van der Waals surface area contributed by atoms with Gasteiger partial charge in [-0.1, -0.05) is 11.6 Å². The zero-order valence-corrected chi connectivity index (χ0v) is 13.0. The molecule has 2 N–H and O–H groups in total. The second kappa shape index (κ2) is 5.82. The first-order chi connectivity index (χ1) is 11.4. The largest absolute Gasteiger partial charge is 0.478 e. The molecule has 0 amide bonds. The number of aromatic amines is 1. The average molecular weight is 348 g/mol. The molecule has 2 aliphatic heterocycles. The molecule has 0 aromatic heterocycles. The van der Waals surface area contributed by atoms with Crippen LogP contribution in [0.25, 0.3) is 16.9 Å². The van der Waals surface area contributed by atoms with Gasteiger partial charge in [-0.15, -0.1) is 0 Å². The predicted molar refractivity (Wildman–Crippen MR) is 84.1 cm³/mol. The van der Waals surface area contributed by atoms with Crippen molar-refractivity contribution in [3.63, 3.8) is 0 Å². The van der Waals surface area contributed by atoms with Crippen molar-refractivity contribution in [3.8, 4) is 16.9 Å². The summed E-state index contributed by atoms with van der Waals surface area (Å²) in [5.74, 6) is -1.86. The summed E-state index contributed by atoms with van der Waals surface area (Å²) in [5, 5.41) is 15.3. The first-order valence-corrected chi connectivity index (χ1v) is 7.02. The summed E-state index contributed by atoms with van der Waals surface area (Å²) in [4.78, 5) is 35.0. The number of benzene rings is 1. The minimum atomic E-state index is -1.19. The van der Waals surface area contributed by atoms with E-state index in [1.165, 1.54) is 36.2 Å². The van der Waals surface area contributed by atoms with Crippen molar-refractivity contribution in [2.45, 2.75) is 0 Å². The second-order valence-corrected chi connectivity index (χ2v) is 5.26. The van der Waals surface area contributed by atoms with Crippen LogP contribution >= 0.6 is 11.6 Å². The number of methoxy groups -OCH3 is 1. The highest BCUT2D eigenvalue weighted by atomic mass is 35.5. The fourth-order valence-corrected chi connectivity index (χ4v) is 2.48. The van der Waals surface area contributed by atoms with E-state index in [2.05, 4.69) is 10.2 Å². The number of pyridine rings is 1. The summed E-state index contributed by atoms with van der Waals surface area (Å²) < 4.78 is 6.14. The van der Waals surface area contributed by atoms with E-state index in [-0.39, 0.29) is 27.4 Å². The summed E-state index contributed by atoms with van der Waals surface area (Å²) in [7, 11) is 1.21. The number of aromatic carboxylic acids is 1. The van der Waals surface area contributed by atoms with Crippen molar-refractivity contribution in [3.05, 3.63) is 57.1 Å². The van der Waals surface area contributed by atoms with Gasteiger partial charge >= 0.3 is 11.9 Å². The molecule has 0 saturated carbocycles. The zero-order valence-electron chi connectivity index (χ0n) is 12.2. The number of ether oxygens (including phenoxy) is 1. The van der Waals surface area contributed by atoms with Gasteiger partial charge in [0.1, 0.15) is 11.3 Å². The number of rotatable bonds is 3. The highest BCUT2D eigenvalue weighted by molar-refractivity contribution is 6.33. The van der Waals surface area contributed by atoms with Crippen LogP contribution in [0.3, 0.4) is 0 Å². The number of esters is 1. The van der Waals surface area contributed by atoms with Gasteiger partial charge in [0.15, 0.2) is 0 Å². The topological polar surface area (TPSA) is 114 Å². The van der Waals surface area contributed by atoms with Crippen molar-refractivity contribution in [1.82, 2.24) is 14.8 Å². The van der Waals surface area contributed by atoms with Gasteiger partial charge in [-0.25, -0.2) is 14.7 Å². The number of carboxylic acids is 1. The molecule has 0 radical (unpaired) electrons. The van der Waals surface area contributed by atoms with Gasteiger partial charge in [-0.3, -0.25) is 4.79 Å². The number of carboxylic acid groups (broad SMARTS) is 1. The quantitative estimate of drug-likeness (QED) is 0.698. The molecule has 0 atom stereocenters. The van der Waals surface area contributed by atoms with Gasteiger partial charge in [0.25, 0.3) is 5.56 Å². The van der Waals surface area contributed by atoms with Crippen LogP contribution in [-0.2, 0) is 4.74 Å². The van der Waals surface area contributed by atoms with Gasteiger partial charge in [-0.05, 0) is 18.2 Å². The molecule has 9 heteroatoms. The van der Waals surface area contributed by atoms with Gasteiger partial charge in [-0.2, -0.15) is 5.10 Å². The number of carbonyl (C=O) groups excluding carboxylic acids is 1. The maximum absolute atomic E-state index is 11.9. The molecule has 0 unspecified atom stereocenters. The number of aromatic nitrogens is 3. The molecule has 3 rings (SSSR count). The Hall–Kier alpha value is -3.13. The SMILES string of the molecule is COC(=O)c1cn(-c2ccc(Cl)c(C(=O)O)c2)cc2c(=O)[nH]nc1-2. The minimum absolute atomic E-state index is 0.0696. The van der Waals surface area contributed by atoms with E-state index in [1.807, 2.05) is 0 Å². The Kier molecular flexibility index (Phi) is 3.82. The second-order valence-electron chi connectivity index (χ2n) is 4.86. The van der Waals surface area contributed by atoms with E-state index in [0.717, 1.165) is 0 Å². The summed E-state index contributed by atoms with van der Waals surface area (Å²) in [6.07, 6.45) is 2.85. The van der Waals surface area contributed by atoms with Gasteiger partial charge in [0.05, 0.1) is 23.3 Å². The van der Waals surface area contributed by atoms with E-state index in [4.69, 9.17) is 21.4 Å². The van der Waals surface area contributed by atoms with Crippen molar-refractivity contribution < 1.29 is 19.4 Å². The third-order valence-corrected chi connectivity index (χ3v) is 3.77. The molecule has 8 nitrogen and oxygen atoms in total. The summed E-state index contributed by atoms with van der Waals surface area (Å²) in [5.41, 5.74) is 0.248. The third-order valence-electron chi connectivity index (χ3n) is 3.44. The monoisotopic (exact) mass is 347 g/mol. The Balaban J connectivity index is 2.27. The molecular weight excluding hydrogens is 338 g/mol. The Labute approximate surface area is 139 Å². The average Bonchev–Trinajstić information content (AvgIpc) is 2.94. The van der Waals surface area contributed by atoms with Crippen LogP contribution in [0.15, 0.2) is 35.4 Å². The van der Waals surface area contributed by atoms with Gasteiger partial charge in [0.2, 0.25) is 0 Å². The number of nitrogens with one attached hydrogen (secondary N) is 1. The molecule has 2 aliphatic rings. The van der Waals surface area contributed by atoms with Crippen molar-refractivity contribution >= 4 is 23.5 Å². The molecule has 1 aromatic carbocycles. The molecule has 24 heavy (non-hydrogen) atoms. The molecule has 0 saturated heterocycles. The first-order valence-electron chi connectivity index (χ1n) is 6.64. The molecule has 1 aromatic rings. The number of carbonyl (C=O) groups is 2. The van der Waals surface area contributed by atoms with E-state index >= 15 is 0 Å². The van der Waals surface area contributed by atoms with Crippen LogP contribution in [0.1, 0.15) is 20.7 Å². The van der Waals surface area contributed by atoms with Crippen molar-refractivity contribution in [2.24, 2.45) is 0 Å². The van der Waals surface area contributed by atoms with Crippen molar-refractivity contribution in [2.75, 3.05) is 7.11 Å². The molecule has 0 bridgehead atoms. The number of fused-ring (bicyclic) bond motifs is 1. The molecule has 0 spiro atoms. The fourth-order valence-electron chi connectivity index (χ4n) is 2.28. The number of H-pyrrole nitrogens is 1. The number of halogens is 1. The van der Waals surface area contributed by atoms with Gasteiger partial charge < -0.3 is 14.4 Å². The number of hydrogen-bond donors (Lipinski definition) is 2.